The van der Waals surface area contributed by atoms with Gasteiger partial charge in [-0.2, -0.15) is 5.10 Å². The minimum absolute atomic E-state index is 0.478. The van der Waals surface area contributed by atoms with Crippen LogP contribution in [0.5, 0.6) is 0 Å². The lowest BCUT2D eigenvalue weighted by Crippen LogP contribution is -2.36. The van der Waals surface area contributed by atoms with Crippen LogP contribution in [0.4, 0.5) is 4.79 Å². The van der Waals surface area contributed by atoms with E-state index in [0.717, 1.165) is 25.9 Å². The molecule has 0 aromatic carbocycles. The van der Waals surface area contributed by atoms with Gasteiger partial charge in [0.1, 0.15) is 6.34 Å². The van der Waals surface area contributed by atoms with Crippen molar-refractivity contribution in [2.45, 2.75) is 12.8 Å². The molecule has 0 saturated carbocycles. The van der Waals surface area contributed by atoms with Crippen LogP contribution in [-0.2, 0) is 0 Å². The number of carbonyl (C=O) groups is 1. The molecule has 1 aliphatic heterocycles. The number of piperidine rings is 1. The Morgan fingerprint density at radius 1 is 1.79 bits per heavy atom. The summed E-state index contributed by atoms with van der Waals surface area (Å²) in [5.74, 6) is 0.478. The van der Waals surface area contributed by atoms with Crippen molar-refractivity contribution in [2.24, 2.45) is 16.8 Å². The summed E-state index contributed by atoms with van der Waals surface area (Å²) < 4.78 is 0. The Hall–Kier alpha value is -1.30. The van der Waals surface area contributed by atoms with E-state index in [1.807, 2.05) is 5.01 Å². The molecule has 0 aromatic heterocycles. The number of carboxylic acid groups (broad SMARTS) is 1. The fraction of sp³-hybridized carbons (Fsp3) is 0.750. The Bertz CT molecular complexity index is 219. The lowest BCUT2D eigenvalue weighted by atomic mass is 10.00. The van der Waals surface area contributed by atoms with E-state index in [0.29, 0.717) is 12.5 Å². The fourth-order valence-corrected chi connectivity index (χ4v) is 1.51. The minimum atomic E-state index is -1.10. The lowest BCUT2D eigenvalue weighted by Gasteiger charge is -2.29. The molecule has 0 aromatic rings. The molecule has 4 N–H and O–H groups in total. The minimum Gasteiger partial charge on any atom is -0.465 e. The monoisotopic (exact) mass is 200 g/mol. The number of hydrogen-bond acceptors (Lipinski definition) is 4. The van der Waals surface area contributed by atoms with Crippen LogP contribution in [0.25, 0.3) is 0 Å². The van der Waals surface area contributed by atoms with Crippen LogP contribution in [0.3, 0.4) is 0 Å². The van der Waals surface area contributed by atoms with Crippen molar-refractivity contribution in [2.75, 3.05) is 19.6 Å². The van der Waals surface area contributed by atoms with Crippen LogP contribution in [0.1, 0.15) is 12.8 Å². The van der Waals surface area contributed by atoms with Gasteiger partial charge in [0.15, 0.2) is 0 Å². The predicted octanol–water partition coefficient (Wildman–Crippen LogP) is -0.132. The van der Waals surface area contributed by atoms with E-state index in [9.17, 15) is 4.79 Å². The third-order valence-corrected chi connectivity index (χ3v) is 2.24. The van der Waals surface area contributed by atoms with Crippen molar-refractivity contribution in [3.8, 4) is 0 Å². The summed E-state index contributed by atoms with van der Waals surface area (Å²) in [5.41, 5.74) is 5.55. The molecule has 6 heteroatoms. The van der Waals surface area contributed by atoms with Gasteiger partial charge in [-0.15, -0.1) is 0 Å². The third-order valence-electron chi connectivity index (χ3n) is 2.24. The SMILES string of the molecule is NC[C@@H]1CCCN(/N=C/NC(=O)O)C1. The van der Waals surface area contributed by atoms with Gasteiger partial charge >= 0.3 is 6.09 Å². The van der Waals surface area contributed by atoms with Gasteiger partial charge in [-0.05, 0) is 25.3 Å². The lowest BCUT2D eigenvalue weighted by molar-refractivity contribution is 0.184. The largest absolute Gasteiger partial charge is 0.465 e. The van der Waals surface area contributed by atoms with Crippen LogP contribution in [-0.4, -0.2) is 42.2 Å². The Balaban J connectivity index is 2.29. The zero-order valence-electron chi connectivity index (χ0n) is 8.02. The molecule has 0 bridgehead atoms. The summed E-state index contributed by atoms with van der Waals surface area (Å²) in [6.07, 6.45) is 2.30. The van der Waals surface area contributed by atoms with Crippen molar-refractivity contribution in [1.29, 1.82) is 0 Å². The Kier molecular flexibility index (Phi) is 4.18. The summed E-state index contributed by atoms with van der Waals surface area (Å²) in [6.45, 7) is 2.35. The zero-order valence-corrected chi connectivity index (χ0v) is 8.02. The molecular weight excluding hydrogens is 184 g/mol. The van der Waals surface area contributed by atoms with Crippen molar-refractivity contribution in [1.82, 2.24) is 10.3 Å². The molecule has 0 spiro atoms. The van der Waals surface area contributed by atoms with Crippen LogP contribution in [0, 0.1) is 5.92 Å². The van der Waals surface area contributed by atoms with Crippen molar-refractivity contribution in [3.05, 3.63) is 0 Å². The summed E-state index contributed by atoms with van der Waals surface area (Å²) >= 11 is 0. The van der Waals surface area contributed by atoms with Crippen LogP contribution in [0.15, 0.2) is 5.10 Å². The molecule has 1 aliphatic rings. The number of rotatable bonds is 3. The molecular formula is C8H16N4O2. The van der Waals surface area contributed by atoms with Gasteiger partial charge in [0, 0.05) is 13.1 Å². The average Bonchev–Trinajstić information content (AvgIpc) is 2.18. The molecule has 1 rings (SSSR count). The number of nitrogens with zero attached hydrogens (tertiary/aromatic N) is 2. The average molecular weight is 200 g/mol. The zero-order chi connectivity index (χ0) is 10.4. The van der Waals surface area contributed by atoms with Gasteiger partial charge in [-0.25, -0.2) is 4.79 Å². The van der Waals surface area contributed by atoms with E-state index in [1.54, 1.807) is 0 Å². The maximum absolute atomic E-state index is 10.1. The maximum atomic E-state index is 10.1. The molecule has 0 unspecified atom stereocenters. The first-order chi connectivity index (χ1) is 6.72. The standard InChI is InChI=1S/C8H16N4O2/c9-4-7-2-1-3-12(5-7)11-6-10-8(13)14/h6-7H,1-5,9H2,(H,10,11)(H,13,14)/t7-/m0/s1. The molecule has 1 amide bonds. The fourth-order valence-electron chi connectivity index (χ4n) is 1.51. The van der Waals surface area contributed by atoms with E-state index in [2.05, 4.69) is 10.4 Å². The second-order valence-corrected chi connectivity index (χ2v) is 3.35. The van der Waals surface area contributed by atoms with Crippen molar-refractivity contribution >= 4 is 12.4 Å². The summed E-state index contributed by atoms with van der Waals surface area (Å²) in [6, 6.07) is 0. The molecule has 1 fully saturated rings. The molecule has 80 valence electrons. The Labute approximate surface area is 82.8 Å². The van der Waals surface area contributed by atoms with Gasteiger partial charge in [-0.3, -0.25) is 10.3 Å². The highest BCUT2D eigenvalue weighted by atomic mass is 16.4. The summed E-state index contributed by atoms with van der Waals surface area (Å²) in [5, 5.41) is 16.2. The predicted molar refractivity (Wildman–Crippen MR) is 53.0 cm³/mol. The van der Waals surface area contributed by atoms with E-state index in [-0.39, 0.29) is 0 Å². The quantitative estimate of drug-likeness (QED) is 0.437. The van der Waals surface area contributed by atoms with Gasteiger partial charge < -0.3 is 10.8 Å². The molecule has 1 heterocycles. The van der Waals surface area contributed by atoms with Crippen molar-refractivity contribution in [3.63, 3.8) is 0 Å². The van der Waals surface area contributed by atoms with Gasteiger partial charge in [0.2, 0.25) is 0 Å². The number of nitrogens with one attached hydrogen (secondary N) is 1. The highest BCUT2D eigenvalue weighted by Crippen LogP contribution is 2.14. The van der Waals surface area contributed by atoms with Crippen molar-refractivity contribution < 1.29 is 9.90 Å². The highest BCUT2D eigenvalue weighted by Gasteiger charge is 2.16. The van der Waals surface area contributed by atoms with Crippen LogP contribution < -0.4 is 11.1 Å². The number of amides is 1. The smallest absolute Gasteiger partial charge is 0.409 e. The van der Waals surface area contributed by atoms with Gasteiger partial charge in [0.25, 0.3) is 0 Å². The molecule has 14 heavy (non-hydrogen) atoms. The first-order valence-corrected chi connectivity index (χ1v) is 4.69. The molecule has 0 aliphatic carbocycles. The van der Waals surface area contributed by atoms with Crippen LogP contribution >= 0.6 is 0 Å². The second-order valence-electron chi connectivity index (χ2n) is 3.35. The van der Waals surface area contributed by atoms with Gasteiger partial charge in [-0.1, -0.05) is 0 Å². The molecule has 1 saturated heterocycles. The first-order valence-electron chi connectivity index (χ1n) is 4.69. The highest BCUT2D eigenvalue weighted by molar-refractivity contribution is 5.80. The number of hydrogen-bond donors (Lipinski definition) is 3. The summed E-state index contributed by atoms with van der Waals surface area (Å²) in [7, 11) is 0. The van der Waals surface area contributed by atoms with E-state index in [1.165, 1.54) is 6.34 Å². The Morgan fingerprint density at radius 3 is 3.21 bits per heavy atom. The van der Waals surface area contributed by atoms with E-state index < -0.39 is 6.09 Å². The number of nitrogens with two attached hydrogens (primary N) is 1. The summed E-state index contributed by atoms with van der Waals surface area (Å²) in [4.78, 5) is 10.1. The Morgan fingerprint density at radius 2 is 2.57 bits per heavy atom. The topological polar surface area (TPSA) is 91.0 Å². The normalized spacial score (nSPS) is 22.6. The second kappa shape index (κ2) is 5.43. The molecule has 6 nitrogen and oxygen atoms in total. The van der Waals surface area contributed by atoms with E-state index in [4.69, 9.17) is 10.8 Å². The molecule has 1 atom stereocenters. The number of hydrazone groups is 1. The van der Waals surface area contributed by atoms with Crippen LogP contribution in [0.2, 0.25) is 0 Å². The molecule has 0 radical (unpaired) electrons. The maximum Gasteiger partial charge on any atom is 0.409 e. The van der Waals surface area contributed by atoms with E-state index >= 15 is 0 Å². The van der Waals surface area contributed by atoms with Gasteiger partial charge in [0.05, 0.1) is 0 Å². The first kappa shape index (κ1) is 10.8. The third kappa shape index (κ3) is 3.61.